The van der Waals surface area contributed by atoms with E-state index in [2.05, 4.69) is 5.32 Å². The number of halogens is 1. The zero-order valence-electron chi connectivity index (χ0n) is 13.7. The number of nitrogens with zero attached hydrogens (tertiary/aromatic N) is 1. The molecule has 23 heavy (non-hydrogen) atoms. The fourth-order valence-corrected chi connectivity index (χ4v) is 3.15. The third-order valence-corrected chi connectivity index (χ3v) is 4.37. The smallest absolute Gasteiger partial charge is 0.411 e. The summed E-state index contributed by atoms with van der Waals surface area (Å²) in [5.74, 6) is -0.326. The quantitative estimate of drug-likeness (QED) is 0.915. The van der Waals surface area contributed by atoms with Gasteiger partial charge in [0.05, 0.1) is 6.54 Å². The summed E-state index contributed by atoms with van der Waals surface area (Å²) in [5, 5.41) is 4.76. The van der Waals surface area contributed by atoms with E-state index in [1.165, 1.54) is 9.78 Å². The molecular formula is C16H23FN2O3S. The molecule has 128 valence electrons. The van der Waals surface area contributed by atoms with Crippen molar-refractivity contribution in [2.24, 2.45) is 0 Å². The van der Waals surface area contributed by atoms with Crippen molar-refractivity contribution < 1.29 is 18.7 Å². The number of thiophene rings is 1. The van der Waals surface area contributed by atoms with Crippen LogP contribution in [0.2, 0.25) is 0 Å². The summed E-state index contributed by atoms with van der Waals surface area (Å²) in [4.78, 5) is 26.8. The third kappa shape index (κ3) is 5.20. The van der Waals surface area contributed by atoms with Crippen molar-refractivity contribution in [3.63, 3.8) is 0 Å². The molecule has 0 aliphatic carbocycles. The van der Waals surface area contributed by atoms with Crippen LogP contribution in [0, 0.1) is 0 Å². The number of amides is 2. The zero-order chi connectivity index (χ0) is 17.0. The van der Waals surface area contributed by atoms with Crippen molar-refractivity contribution in [3.8, 4) is 0 Å². The van der Waals surface area contributed by atoms with Crippen LogP contribution in [0.15, 0.2) is 17.5 Å². The Balaban J connectivity index is 1.89. The van der Waals surface area contributed by atoms with Gasteiger partial charge in [-0.25, -0.2) is 9.18 Å². The number of hydrogen-bond acceptors (Lipinski definition) is 4. The molecule has 0 spiro atoms. The lowest BCUT2D eigenvalue weighted by Crippen LogP contribution is -2.47. The minimum atomic E-state index is -1.20. The largest absolute Gasteiger partial charge is 0.444 e. The van der Waals surface area contributed by atoms with Crippen molar-refractivity contribution in [2.45, 2.75) is 51.4 Å². The van der Waals surface area contributed by atoms with Gasteiger partial charge in [-0.2, -0.15) is 0 Å². The molecule has 0 unspecified atom stereocenters. The van der Waals surface area contributed by atoms with E-state index in [9.17, 15) is 14.0 Å². The first kappa shape index (κ1) is 17.7. The summed E-state index contributed by atoms with van der Waals surface area (Å²) in [6.45, 7) is 5.59. The lowest BCUT2D eigenvalue weighted by atomic mass is 10.2. The van der Waals surface area contributed by atoms with Crippen LogP contribution < -0.4 is 5.32 Å². The van der Waals surface area contributed by atoms with Gasteiger partial charge in [0.25, 0.3) is 0 Å². The molecule has 2 amide bonds. The van der Waals surface area contributed by atoms with E-state index in [-0.39, 0.29) is 18.9 Å². The number of ether oxygens (including phenoxy) is 1. The van der Waals surface area contributed by atoms with Crippen LogP contribution in [0.25, 0.3) is 0 Å². The standard InChI is InChI=1S/C16H23FN2O3S/c1-16(2,3)22-15(21)19-10-11(17)9-13(19)14(20)18-7-6-12-5-4-8-23-12/h4-5,8,11,13H,6-7,9-10H2,1-3H3,(H,18,20)/t11-,13+/m0/s1. The highest BCUT2D eigenvalue weighted by Crippen LogP contribution is 2.23. The van der Waals surface area contributed by atoms with Gasteiger partial charge in [0.1, 0.15) is 17.8 Å². The normalized spacial score (nSPS) is 21.3. The molecule has 5 nitrogen and oxygen atoms in total. The lowest BCUT2D eigenvalue weighted by Gasteiger charge is -2.27. The Morgan fingerprint density at radius 2 is 2.22 bits per heavy atom. The Labute approximate surface area is 139 Å². The van der Waals surface area contributed by atoms with E-state index in [1.54, 1.807) is 32.1 Å². The van der Waals surface area contributed by atoms with Gasteiger partial charge < -0.3 is 10.1 Å². The second-order valence-corrected chi connectivity index (χ2v) is 7.63. The van der Waals surface area contributed by atoms with Gasteiger partial charge in [0.2, 0.25) is 5.91 Å². The minimum absolute atomic E-state index is 0.0179. The highest BCUT2D eigenvalue weighted by Gasteiger charge is 2.41. The molecule has 2 rings (SSSR count). The molecule has 1 fully saturated rings. The van der Waals surface area contributed by atoms with Crippen molar-refractivity contribution >= 4 is 23.3 Å². The molecule has 2 heterocycles. The van der Waals surface area contributed by atoms with Crippen LogP contribution in [0.4, 0.5) is 9.18 Å². The van der Waals surface area contributed by atoms with Gasteiger partial charge in [0.15, 0.2) is 0 Å². The number of alkyl halides is 1. The van der Waals surface area contributed by atoms with Crippen LogP contribution in [0.5, 0.6) is 0 Å². The Morgan fingerprint density at radius 1 is 1.48 bits per heavy atom. The average Bonchev–Trinajstić information content (AvgIpc) is 3.06. The maximum Gasteiger partial charge on any atom is 0.411 e. The first-order chi connectivity index (χ1) is 10.8. The molecule has 0 saturated carbocycles. The molecule has 0 bridgehead atoms. The monoisotopic (exact) mass is 342 g/mol. The molecule has 1 saturated heterocycles. The molecule has 0 radical (unpaired) electrons. The van der Waals surface area contributed by atoms with E-state index in [0.717, 1.165) is 6.42 Å². The first-order valence-corrected chi connectivity index (χ1v) is 8.58. The van der Waals surface area contributed by atoms with Crippen LogP contribution in [-0.4, -0.2) is 47.8 Å². The van der Waals surface area contributed by atoms with Gasteiger partial charge in [-0.3, -0.25) is 9.69 Å². The Morgan fingerprint density at radius 3 is 2.83 bits per heavy atom. The second-order valence-electron chi connectivity index (χ2n) is 6.60. The van der Waals surface area contributed by atoms with Crippen LogP contribution in [0.3, 0.4) is 0 Å². The maximum absolute atomic E-state index is 13.7. The van der Waals surface area contributed by atoms with E-state index in [4.69, 9.17) is 4.74 Å². The predicted octanol–water partition coefficient (Wildman–Crippen LogP) is 2.75. The zero-order valence-corrected chi connectivity index (χ0v) is 14.5. The van der Waals surface area contributed by atoms with Gasteiger partial charge in [-0.05, 0) is 38.6 Å². The molecule has 1 aromatic heterocycles. The van der Waals surface area contributed by atoms with Crippen LogP contribution in [-0.2, 0) is 16.0 Å². The first-order valence-electron chi connectivity index (χ1n) is 7.70. The molecule has 2 atom stereocenters. The number of carbonyl (C=O) groups is 2. The summed E-state index contributed by atoms with van der Waals surface area (Å²) in [6, 6.07) is 3.15. The maximum atomic E-state index is 13.7. The van der Waals surface area contributed by atoms with Crippen molar-refractivity contribution in [2.75, 3.05) is 13.1 Å². The number of carbonyl (C=O) groups excluding carboxylic acids is 2. The summed E-state index contributed by atoms with van der Waals surface area (Å²) in [7, 11) is 0. The summed E-state index contributed by atoms with van der Waals surface area (Å²) < 4.78 is 19.0. The molecule has 1 aliphatic heterocycles. The third-order valence-electron chi connectivity index (χ3n) is 3.43. The van der Waals surface area contributed by atoms with Crippen molar-refractivity contribution in [1.29, 1.82) is 0 Å². The molecule has 0 aromatic carbocycles. The predicted molar refractivity (Wildman–Crippen MR) is 87.3 cm³/mol. The highest BCUT2D eigenvalue weighted by molar-refractivity contribution is 7.09. The summed E-state index contributed by atoms with van der Waals surface area (Å²) in [5.41, 5.74) is -0.675. The van der Waals surface area contributed by atoms with E-state index in [1.807, 2.05) is 17.5 Å². The fourth-order valence-electron chi connectivity index (χ4n) is 2.44. The Kier molecular flexibility index (Phi) is 5.62. The van der Waals surface area contributed by atoms with Crippen LogP contribution >= 0.6 is 11.3 Å². The Hall–Kier alpha value is -1.63. The topological polar surface area (TPSA) is 58.6 Å². The van der Waals surface area contributed by atoms with Gasteiger partial charge >= 0.3 is 6.09 Å². The van der Waals surface area contributed by atoms with Crippen molar-refractivity contribution in [1.82, 2.24) is 10.2 Å². The fraction of sp³-hybridized carbons (Fsp3) is 0.625. The molecule has 7 heteroatoms. The number of likely N-dealkylation sites (tertiary alicyclic amines) is 1. The van der Waals surface area contributed by atoms with Gasteiger partial charge in [0, 0.05) is 17.8 Å². The van der Waals surface area contributed by atoms with E-state index in [0.29, 0.717) is 6.54 Å². The summed E-state index contributed by atoms with van der Waals surface area (Å²) in [6.07, 6.45) is -1.10. The highest BCUT2D eigenvalue weighted by atomic mass is 32.1. The van der Waals surface area contributed by atoms with Crippen molar-refractivity contribution in [3.05, 3.63) is 22.4 Å². The summed E-state index contributed by atoms with van der Waals surface area (Å²) >= 11 is 1.62. The average molecular weight is 342 g/mol. The SMILES string of the molecule is CC(C)(C)OC(=O)N1C[C@@H](F)C[C@@H]1C(=O)NCCc1cccs1. The molecular weight excluding hydrogens is 319 g/mol. The van der Waals surface area contributed by atoms with E-state index >= 15 is 0 Å². The van der Waals surface area contributed by atoms with E-state index < -0.39 is 23.9 Å². The van der Waals surface area contributed by atoms with Gasteiger partial charge in [-0.15, -0.1) is 11.3 Å². The number of rotatable bonds is 4. The lowest BCUT2D eigenvalue weighted by molar-refractivity contribution is -0.125. The minimum Gasteiger partial charge on any atom is -0.444 e. The molecule has 1 aromatic rings. The van der Waals surface area contributed by atoms with Crippen LogP contribution in [0.1, 0.15) is 32.1 Å². The number of nitrogens with one attached hydrogen (secondary N) is 1. The second kappa shape index (κ2) is 7.29. The number of hydrogen-bond donors (Lipinski definition) is 1. The molecule has 1 aliphatic rings. The van der Waals surface area contributed by atoms with Gasteiger partial charge in [-0.1, -0.05) is 6.07 Å². The molecule has 1 N–H and O–H groups in total. The Bertz CT molecular complexity index is 542.